The first kappa shape index (κ1) is 16.0. The van der Waals surface area contributed by atoms with Crippen LogP contribution in [0.1, 0.15) is 6.92 Å². The highest BCUT2D eigenvalue weighted by Crippen LogP contribution is 2.30. The molecule has 1 heterocycles. The van der Waals surface area contributed by atoms with E-state index in [4.69, 9.17) is 25.8 Å². The van der Waals surface area contributed by atoms with Crippen molar-refractivity contribution in [3.63, 3.8) is 0 Å². The van der Waals surface area contributed by atoms with Gasteiger partial charge in [0.05, 0.1) is 11.4 Å². The van der Waals surface area contributed by atoms with E-state index in [1.807, 2.05) is 14.0 Å². The Morgan fingerprint density at radius 3 is 2.81 bits per heavy atom. The molecule has 0 fully saturated rings. The smallest absolute Gasteiger partial charge is 0.221 e. The largest absolute Gasteiger partial charge is 0.461 e. The Balaban J connectivity index is 2.24. The fraction of sp³-hybridized carbons (Fsp3) is 0.500. The van der Waals surface area contributed by atoms with Crippen LogP contribution in [0.25, 0.3) is 0 Å². The number of ether oxygens (including phenoxy) is 3. The minimum absolute atomic E-state index is 0.0387. The molecule has 1 aliphatic heterocycles. The highest BCUT2D eigenvalue weighted by atomic mass is 35.5. The lowest BCUT2D eigenvalue weighted by molar-refractivity contribution is -0.142. The van der Waals surface area contributed by atoms with E-state index in [1.165, 1.54) is 19.2 Å². The van der Waals surface area contributed by atoms with Crippen molar-refractivity contribution in [2.24, 2.45) is 4.99 Å². The highest BCUT2D eigenvalue weighted by Gasteiger charge is 2.37. The van der Waals surface area contributed by atoms with Crippen molar-refractivity contribution in [2.45, 2.75) is 25.5 Å². The zero-order chi connectivity index (χ0) is 15.4. The second-order valence-corrected chi connectivity index (χ2v) is 4.94. The molecule has 2 rings (SSSR count). The first-order valence-corrected chi connectivity index (χ1v) is 6.96. The summed E-state index contributed by atoms with van der Waals surface area (Å²) in [6.45, 7) is 2.39. The van der Waals surface area contributed by atoms with Crippen LogP contribution in [0.5, 0.6) is 5.75 Å². The molecule has 0 amide bonds. The van der Waals surface area contributed by atoms with Crippen LogP contribution in [0.15, 0.2) is 23.2 Å². The fourth-order valence-electron chi connectivity index (χ4n) is 2.12. The van der Waals surface area contributed by atoms with E-state index in [0.29, 0.717) is 6.61 Å². The highest BCUT2D eigenvalue weighted by molar-refractivity contribution is 6.32. The van der Waals surface area contributed by atoms with Crippen molar-refractivity contribution in [3.05, 3.63) is 29.0 Å². The quantitative estimate of drug-likeness (QED) is 0.837. The maximum absolute atomic E-state index is 13.8. The van der Waals surface area contributed by atoms with E-state index in [-0.39, 0.29) is 17.0 Å². The van der Waals surface area contributed by atoms with Crippen LogP contribution in [-0.2, 0) is 9.47 Å². The van der Waals surface area contributed by atoms with E-state index in [9.17, 15) is 4.39 Å². The number of halogens is 2. The summed E-state index contributed by atoms with van der Waals surface area (Å²) in [5, 5.41) is 0.187. The number of para-hydroxylation sites is 1. The predicted molar refractivity (Wildman–Crippen MR) is 78.3 cm³/mol. The lowest BCUT2D eigenvalue weighted by atomic mass is 10.2. The number of hydrogen-bond donors (Lipinski definition) is 0. The van der Waals surface area contributed by atoms with Gasteiger partial charge < -0.3 is 19.1 Å². The van der Waals surface area contributed by atoms with Gasteiger partial charge in [0.2, 0.25) is 6.23 Å². The molecule has 0 saturated heterocycles. The number of rotatable bonds is 5. The number of benzene rings is 1. The van der Waals surface area contributed by atoms with Crippen LogP contribution in [0.2, 0.25) is 5.02 Å². The van der Waals surface area contributed by atoms with Crippen molar-refractivity contribution in [2.75, 3.05) is 20.8 Å². The van der Waals surface area contributed by atoms with E-state index >= 15 is 0 Å². The number of aliphatic imine (C=N–C) groups is 1. The van der Waals surface area contributed by atoms with Crippen molar-refractivity contribution < 1.29 is 18.6 Å². The third-order valence-electron chi connectivity index (χ3n) is 3.13. The summed E-state index contributed by atoms with van der Waals surface area (Å²) in [4.78, 5) is 6.00. The third kappa shape index (κ3) is 3.45. The summed E-state index contributed by atoms with van der Waals surface area (Å²) < 4.78 is 30.5. The maximum atomic E-state index is 13.8. The second kappa shape index (κ2) is 7.06. The fourth-order valence-corrected chi connectivity index (χ4v) is 2.33. The molecule has 0 aromatic heterocycles. The summed E-state index contributed by atoms with van der Waals surface area (Å²) in [7, 11) is 3.35. The molecule has 0 N–H and O–H groups in total. The van der Waals surface area contributed by atoms with Crippen molar-refractivity contribution in [3.8, 4) is 5.75 Å². The SMILES string of the molecule is CCOC1C(OC)C(Oc2c(F)cccc2Cl)N=CN1C. The lowest BCUT2D eigenvalue weighted by Crippen LogP contribution is -2.54. The van der Waals surface area contributed by atoms with Gasteiger partial charge in [0, 0.05) is 20.8 Å². The van der Waals surface area contributed by atoms with Gasteiger partial charge in [0.1, 0.15) is 0 Å². The number of nitrogens with zero attached hydrogens (tertiary/aromatic N) is 2. The zero-order valence-corrected chi connectivity index (χ0v) is 12.9. The summed E-state index contributed by atoms with van der Waals surface area (Å²) in [5.74, 6) is -0.581. The van der Waals surface area contributed by atoms with Gasteiger partial charge >= 0.3 is 0 Å². The van der Waals surface area contributed by atoms with Crippen LogP contribution in [0, 0.1) is 5.82 Å². The Morgan fingerprint density at radius 1 is 1.43 bits per heavy atom. The summed E-state index contributed by atoms with van der Waals surface area (Å²) >= 11 is 5.97. The van der Waals surface area contributed by atoms with Crippen molar-refractivity contribution in [1.29, 1.82) is 0 Å². The molecule has 0 saturated carbocycles. The van der Waals surface area contributed by atoms with Gasteiger partial charge in [-0.1, -0.05) is 17.7 Å². The van der Waals surface area contributed by atoms with Crippen LogP contribution >= 0.6 is 11.6 Å². The van der Waals surface area contributed by atoms with Gasteiger partial charge in [-0.25, -0.2) is 9.38 Å². The lowest BCUT2D eigenvalue weighted by Gasteiger charge is -2.38. The third-order valence-corrected chi connectivity index (χ3v) is 3.42. The average molecular weight is 317 g/mol. The number of likely N-dealkylation sites (N-methyl/N-ethyl adjacent to an activating group) is 1. The standard InChI is InChI=1S/C14H18ClFN2O3/c1-4-20-14-12(19-3)13(17-8-18(14)2)21-11-9(15)6-5-7-10(11)16/h5-8,12-14H,4H2,1-3H3. The molecule has 5 nitrogen and oxygen atoms in total. The minimum Gasteiger partial charge on any atom is -0.461 e. The predicted octanol–water partition coefficient (Wildman–Crippen LogP) is 2.54. The van der Waals surface area contributed by atoms with Gasteiger partial charge in [-0.15, -0.1) is 0 Å². The molecule has 0 radical (unpaired) electrons. The van der Waals surface area contributed by atoms with Crippen molar-refractivity contribution >= 4 is 17.9 Å². The van der Waals surface area contributed by atoms with E-state index in [1.54, 1.807) is 17.3 Å². The summed E-state index contributed by atoms with van der Waals surface area (Å²) in [5.41, 5.74) is 0. The second-order valence-electron chi connectivity index (χ2n) is 4.54. The number of hydrogen-bond acceptors (Lipinski definition) is 5. The topological polar surface area (TPSA) is 43.3 Å². The molecule has 21 heavy (non-hydrogen) atoms. The van der Waals surface area contributed by atoms with Crippen LogP contribution in [0.3, 0.4) is 0 Å². The van der Waals surface area contributed by atoms with Gasteiger partial charge in [0.15, 0.2) is 23.9 Å². The molecule has 1 aromatic carbocycles. The van der Waals surface area contributed by atoms with Crippen LogP contribution in [-0.4, -0.2) is 50.6 Å². The van der Waals surface area contributed by atoms with Gasteiger partial charge in [-0.05, 0) is 19.1 Å². The van der Waals surface area contributed by atoms with Crippen LogP contribution in [0.4, 0.5) is 4.39 Å². The Morgan fingerprint density at radius 2 is 2.19 bits per heavy atom. The molecule has 1 aromatic rings. The molecule has 0 spiro atoms. The van der Waals surface area contributed by atoms with Crippen molar-refractivity contribution in [1.82, 2.24) is 4.90 Å². The minimum atomic E-state index is -0.739. The molecule has 7 heteroatoms. The van der Waals surface area contributed by atoms with Gasteiger partial charge in [0.25, 0.3) is 0 Å². The molecule has 0 aliphatic carbocycles. The molecule has 1 aliphatic rings. The molecule has 3 unspecified atom stereocenters. The van der Waals surface area contributed by atoms with E-state index in [2.05, 4.69) is 4.99 Å². The summed E-state index contributed by atoms with van der Waals surface area (Å²) in [6, 6.07) is 4.35. The normalized spacial score (nSPS) is 25.2. The van der Waals surface area contributed by atoms with E-state index < -0.39 is 18.1 Å². The van der Waals surface area contributed by atoms with Crippen LogP contribution < -0.4 is 4.74 Å². The maximum Gasteiger partial charge on any atom is 0.221 e. The molecule has 116 valence electrons. The molecule has 0 bridgehead atoms. The Hall–Kier alpha value is -1.37. The molecular weight excluding hydrogens is 299 g/mol. The summed E-state index contributed by atoms with van der Waals surface area (Å²) in [6.07, 6.45) is -0.0317. The van der Waals surface area contributed by atoms with E-state index in [0.717, 1.165) is 0 Å². The Labute approximate surface area is 128 Å². The zero-order valence-electron chi connectivity index (χ0n) is 12.1. The van der Waals surface area contributed by atoms with Gasteiger partial charge in [-0.2, -0.15) is 0 Å². The number of methoxy groups -OCH3 is 1. The first-order valence-electron chi connectivity index (χ1n) is 6.58. The Bertz CT molecular complexity index is 495. The monoisotopic (exact) mass is 316 g/mol. The Kier molecular flexibility index (Phi) is 5.39. The molecular formula is C14H18ClFN2O3. The average Bonchev–Trinajstić information content (AvgIpc) is 2.46. The molecule has 3 atom stereocenters. The first-order chi connectivity index (χ1) is 10.1. The van der Waals surface area contributed by atoms with Gasteiger partial charge in [-0.3, -0.25) is 0 Å².